The Labute approximate surface area is 159 Å². The average molecular weight is 386 g/mol. The van der Waals surface area contributed by atoms with E-state index in [0.717, 1.165) is 0 Å². The molecule has 2 aromatic rings. The van der Waals surface area contributed by atoms with Crippen molar-refractivity contribution < 1.29 is 18.0 Å². The summed E-state index contributed by atoms with van der Waals surface area (Å²) in [6, 6.07) is 15.0. The summed E-state index contributed by atoms with van der Waals surface area (Å²) in [5, 5.41) is 2.81. The highest BCUT2D eigenvalue weighted by Crippen LogP contribution is 2.25. The Morgan fingerprint density at radius 2 is 1.81 bits per heavy atom. The topological polar surface area (TPSA) is 83.6 Å². The molecule has 1 amide bonds. The molecule has 2 aromatic carbocycles. The third-order valence-corrected chi connectivity index (χ3v) is 6.55. The Morgan fingerprint density at radius 3 is 2.52 bits per heavy atom. The number of rotatable bonds is 5. The Morgan fingerprint density at radius 1 is 1.07 bits per heavy atom. The summed E-state index contributed by atoms with van der Waals surface area (Å²) in [6.07, 6.45) is 1.25. The van der Waals surface area contributed by atoms with E-state index in [1.165, 1.54) is 11.2 Å². The molecule has 0 unspecified atom stereocenters. The van der Waals surface area contributed by atoms with E-state index in [0.29, 0.717) is 30.6 Å². The third-order valence-electron chi connectivity index (χ3n) is 4.67. The number of carbonyl (C=O) groups excluding carboxylic acids is 2. The molecule has 1 aliphatic rings. The van der Waals surface area contributed by atoms with Crippen LogP contribution in [0.4, 0.5) is 5.69 Å². The van der Waals surface area contributed by atoms with Crippen LogP contribution in [-0.2, 0) is 14.8 Å². The van der Waals surface area contributed by atoms with Crippen molar-refractivity contribution >= 4 is 27.4 Å². The number of ketones is 1. The van der Waals surface area contributed by atoms with Gasteiger partial charge in [-0.25, -0.2) is 8.42 Å². The first-order valence-electron chi connectivity index (χ1n) is 8.85. The average Bonchev–Trinajstić information content (AvgIpc) is 2.69. The molecule has 6 nitrogen and oxygen atoms in total. The number of sulfonamides is 1. The maximum atomic E-state index is 12.8. The van der Waals surface area contributed by atoms with Crippen molar-refractivity contribution in [3.8, 4) is 0 Å². The second kappa shape index (κ2) is 8.02. The molecule has 0 aromatic heterocycles. The predicted octanol–water partition coefficient (Wildman–Crippen LogP) is 2.93. The normalized spacial score (nSPS) is 18.0. The second-order valence-electron chi connectivity index (χ2n) is 6.64. The lowest BCUT2D eigenvalue weighted by Crippen LogP contribution is -2.43. The molecule has 0 saturated carbocycles. The zero-order valence-corrected chi connectivity index (χ0v) is 15.9. The minimum absolute atomic E-state index is 0.0797. The lowest BCUT2D eigenvalue weighted by Gasteiger charge is -2.31. The molecule has 27 heavy (non-hydrogen) atoms. The second-order valence-corrected chi connectivity index (χ2v) is 8.58. The van der Waals surface area contributed by atoms with Crippen molar-refractivity contribution in [3.63, 3.8) is 0 Å². The number of benzene rings is 2. The number of amides is 1. The van der Waals surface area contributed by atoms with E-state index in [1.54, 1.807) is 54.6 Å². The van der Waals surface area contributed by atoms with Gasteiger partial charge in [0.15, 0.2) is 5.78 Å². The molecule has 1 heterocycles. The van der Waals surface area contributed by atoms with Crippen molar-refractivity contribution in [1.82, 2.24) is 4.31 Å². The largest absolute Gasteiger partial charge is 0.326 e. The number of piperidine rings is 1. The van der Waals surface area contributed by atoms with E-state index in [1.807, 2.05) is 0 Å². The van der Waals surface area contributed by atoms with Crippen molar-refractivity contribution in [2.24, 2.45) is 5.92 Å². The Hall–Kier alpha value is -2.51. The van der Waals surface area contributed by atoms with Gasteiger partial charge in [0, 0.05) is 24.3 Å². The zero-order valence-electron chi connectivity index (χ0n) is 15.1. The highest BCUT2D eigenvalue weighted by Gasteiger charge is 2.33. The Kier molecular flexibility index (Phi) is 5.72. The molecule has 1 aliphatic heterocycles. The zero-order chi connectivity index (χ0) is 19.4. The number of carbonyl (C=O) groups is 2. The Bertz CT molecular complexity index is 941. The monoisotopic (exact) mass is 386 g/mol. The van der Waals surface area contributed by atoms with Crippen LogP contribution in [0.2, 0.25) is 0 Å². The first-order chi connectivity index (χ1) is 12.9. The molecule has 1 N–H and O–H groups in total. The van der Waals surface area contributed by atoms with Gasteiger partial charge in [-0.2, -0.15) is 4.31 Å². The fraction of sp³-hybridized carbons (Fsp3) is 0.300. The number of hydrogen-bond acceptors (Lipinski definition) is 4. The van der Waals surface area contributed by atoms with Crippen molar-refractivity contribution in [3.05, 3.63) is 60.2 Å². The molecule has 7 heteroatoms. The maximum absolute atomic E-state index is 12.8. The highest BCUT2D eigenvalue weighted by atomic mass is 32.2. The van der Waals surface area contributed by atoms with Gasteiger partial charge in [-0.15, -0.1) is 0 Å². The van der Waals surface area contributed by atoms with Crippen LogP contribution in [0.5, 0.6) is 0 Å². The summed E-state index contributed by atoms with van der Waals surface area (Å²) in [4.78, 5) is 24.4. The predicted molar refractivity (Wildman–Crippen MR) is 103 cm³/mol. The molecule has 0 aliphatic carbocycles. The van der Waals surface area contributed by atoms with E-state index < -0.39 is 15.9 Å². The van der Waals surface area contributed by atoms with E-state index >= 15 is 0 Å². The van der Waals surface area contributed by atoms with Crippen molar-refractivity contribution in [1.29, 1.82) is 0 Å². The minimum atomic E-state index is -3.61. The van der Waals surface area contributed by atoms with Crippen LogP contribution in [0, 0.1) is 5.92 Å². The summed E-state index contributed by atoms with van der Waals surface area (Å²) >= 11 is 0. The van der Waals surface area contributed by atoms with Gasteiger partial charge in [-0.1, -0.05) is 30.3 Å². The molecular formula is C20H22N2O4S. The standard InChI is InChI=1S/C20H22N2O4S/c1-15(23)16-7-5-9-18(13-16)21-20(24)17-8-6-12-22(14-17)27(25,26)19-10-3-2-4-11-19/h2-5,7,9-11,13,17H,6,8,12,14H2,1H3,(H,21,24)/t17-/m0/s1. The van der Waals surface area contributed by atoms with Gasteiger partial charge in [0.05, 0.1) is 10.8 Å². The molecule has 1 saturated heterocycles. The van der Waals surface area contributed by atoms with Gasteiger partial charge in [0.2, 0.25) is 15.9 Å². The van der Waals surface area contributed by atoms with E-state index in [-0.39, 0.29) is 23.1 Å². The molecule has 0 bridgehead atoms. The van der Waals surface area contributed by atoms with Crippen LogP contribution in [-0.4, -0.2) is 37.5 Å². The van der Waals surface area contributed by atoms with E-state index in [4.69, 9.17) is 0 Å². The highest BCUT2D eigenvalue weighted by molar-refractivity contribution is 7.89. The molecule has 0 spiro atoms. The number of hydrogen-bond donors (Lipinski definition) is 1. The quantitative estimate of drug-likeness (QED) is 0.801. The van der Waals surface area contributed by atoms with Gasteiger partial charge >= 0.3 is 0 Å². The maximum Gasteiger partial charge on any atom is 0.243 e. The SMILES string of the molecule is CC(=O)c1cccc(NC(=O)[C@H]2CCCN(S(=O)(=O)c3ccccc3)C2)c1. The first kappa shape index (κ1) is 19.3. The van der Waals surface area contributed by atoms with Gasteiger partial charge in [-0.3, -0.25) is 9.59 Å². The van der Waals surface area contributed by atoms with Crippen LogP contribution in [0.15, 0.2) is 59.5 Å². The van der Waals surface area contributed by atoms with Gasteiger partial charge in [-0.05, 0) is 44.0 Å². The summed E-state index contributed by atoms with van der Waals surface area (Å²) in [5.41, 5.74) is 1.06. The third kappa shape index (κ3) is 4.43. The number of Topliss-reactive ketones (excluding diaryl/α,β-unsaturated/α-hetero) is 1. The smallest absolute Gasteiger partial charge is 0.243 e. The number of anilines is 1. The van der Waals surface area contributed by atoms with Crippen molar-refractivity contribution in [2.45, 2.75) is 24.7 Å². The molecule has 0 radical (unpaired) electrons. The summed E-state index contributed by atoms with van der Waals surface area (Å²) in [6.45, 7) is 2.02. The van der Waals surface area contributed by atoms with Gasteiger partial charge < -0.3 is 5.32 Å². The summed E-state index contributed by atoms with van der Waals surface area (Å²) in [7, 11) is -3.61. The fourth-order valence-corrected chi connectivity index (χ4v) is 4.72. The van der Waals surface area contributed by atoms with Crippen LogP contribution >= 0.6 is 0 Å². The van der Waals surface area contributed by atoms with Crippen molar-refractivity contribution in [2.75, 3.05) is 18.4 Å². The molecule has 3 rings (SSSR count). The lowest BCUT2D eigenvalue weighted by molar-refractivity contribution is -0.120. The van der Waals surface area contributed by atoms with Gasteiger partial charge in [0.25, 0.3) is 0 Å². The molecule has 1 atom stereocenters. The Balaban J connectivity index is 1.72. The van der Waals surface area contributed by atoms with Crippen LogP contribution < -0.4 is 5.32 Å². The fourth-order valence-electron chi connectivity index (χ4n) is 3.18. The van der Waals surface area contributed by atoms with Gasteiger partial charge in [0.1, 0.15) is 0 Å². The lowest BCUT2D eigenvalue weighted by atomic mass is 9.98. The number of nitrogens with one attached hydrogen (secondary N) is 1. The van der Waals surface area contributed by atoms with Crippen LogP contribution in [0.1, 0.15) is 30.1 Å². The first-order valence-corrected chi connectivity index (χ1v) is 10.3. The van der Waals surface area contributed by atoms with E-state index in [9.17, 15) is 18.0 Å². The number of nitrogens with zero attached hydrogens (tertiary/aromatic N) is 1. The molecular weight excluding hydrogens is 364 g/mol. The summed E-state index contributed by atoms with van der Waals surface area (Å²) in [5.74, 6) is -0.745. The van der Waals surface area contributed by atoms with Crippen LogP contribution in [0.25, 0.3) is 0 Å². The molecule has 142 valence electrons. The van der Waals surface area contributed by atoms with E-state index in [2.05, 4.69) is 5.32 Å². The van der Waals surface area contributed by atoms with Crippen LogP contribution in [0.3, 0.4) is 0 Å². The summed E-state index contributed by atoms with van der Waals surface area (Å²) < 4.78 is 27.0. The minimum Gasteiger partial charge on any atom is -0.326 e. The molecule has 1 fully saturated rings.